The molecule has 0 aliphatic carbocycles. The maximum absolute atomic E-state index is 15.4. The topological polar surface area (TPSA) is 52.0 Å². The molecule has 0 saturated heterocycles. The van der Waals surface area contributed by atoms with E-state index in [0.717, 1.165) is 0 Å². The minimum atomic E-state index is -7.72. The number of benzene rings is 2. The van der Waals surface area contributed by atoms with Gasteiger partial charge in [-0.2, -0.15) is 52.7 Å². The molecule has 0 spiro atoms. The van der Waals surface area contributed by atoms with E-state index >= 15 is 52.7 Å². The molecule has 2 nitrogen and oxygen atoms in total. The predicted molar refractivity (Wildman–Crippen MR) is 155 cm³/mol. The van der Waals surface area contributed by atoms with Crippen LogP contribution in [0, 0.1) is 0 Å². The van der Waals surface area contributed by atoms with Gasteiger partial charge in [-0.05, 0) is 83.0 Å². The highest BCUT2D eigenvalue weighted by molar-refractivity contribution is 5.60. The number of nitrogen functional groups attached to an aromatic ring is 2. The molecule has 2 atom stereocenters. The zero-order valence-electron chi connectivity index (χ0n) is 26.7. The Morgan fingerprint density at radius 2 is 0.696 bits per heavy atom. The third-order valence-corrected chi connectivity index (χ3v) is 8.72. The number of anilines is 2. The van der Waals surface area contributed by atoms with Gasteiger partial charge in [-0.25, -0.2) is 0 Å². The second-order valence-electron chi connectivity index (χ2n) is 12.5. The summed E-state index contributed by atoms with van der Waals surface area (Å²) in [7, 11) is 0. The van der Waals surface area contributed by atoms with Gasteiger partial charge in [0.15, 0.2) is 0 Å². The number of hydrogen-bond acceptors (Lipinski definition) is 2. The fraction of sp³-hybridized carbons (Fsp3) is 0.625. The molecule has 262 valence electrons. The van der Waals surface area contributed by atoms with Crippen LogP contribution >= 0.6 is 0 Å². The summed E-state index contributed by atoms with van der Waals surface area (Å²) in [5, 5.41) is 0. The van der Waals surface area contributed by atoms with Crippen molar-refractivity contribution in [1.82, 2.24) is 0 Å². The molecular formula is C32H40F12N2. The van der Waals surface area contributed by atoms with Gasteiger partial charge in [0.05, 0.1) is 0 Å². The number of halogens is 12. The minimum Gasteiger partial charge on any atom is -0.398 e. The SMILES string of the molecule is CCC(C)c1cc(C(F)(F)C(F)(F)C(F)(F)C(F)(F)C(F)(F)C(F)(F)c2cc(C(C)C)c(N)c(C(C)CC)c2)cc(C(C)C)c1N. The Morgan fingerprint density at radius 3 is 0.913 bits per heavy atom. The molecular weight excluding hydrogens is 640 g/mol. The van der Waals surface area contributed by atoms with Crippen LogP contribution in [0.4, 0.5) is 64.1 Å². The zero-order chi connectivity index (χ0) is 36.2. The van der Waals surface area contributed by atoms with E-state index in [1.54, 1.807) is 13.8 Å². The van der Waals surface area contributed by atoms with Crippen LogP contribution in [0.3, 0.4) is 0 Å². The largest absolute Gasteiger partial charge is 0.398 e. The van der Waals surface area contributed by atoms with Crippen molar-refractivity contribution in [2.75, 3.05) is 11.5 Å². The van der Waals surface area contributed by atoms with E-state index in [0.29, 0.717) is 24.3 Å². The van der Waals surface area contributed by atoms with Crippen molar-refractivity contribution in [3.8, 4) is 0 Å². The Bertz CT molecular complexity index is 1290. The fourth-order valence-corrected chi connectivity index (χ4v) is 5.12. The summed E-state index contributed by atoms with van der Waals surface area (Å²) in [6.45, 7) is 11.6. The van der Waals surface area contributed by atoms with Crippen molar-refractivity contribution in [1.29, 1.82) is 0 Å². The molecule has 2 aromatic rings. The first-order chi connectivity index (χ1) is 20.6. The molecule has 0 fully saturated rings. The molecule has 2 unspecified atom stereocenters. The monoisotopic (exact) mass is 680 g/mol. The molecule has 0 heterocycles. The molecule has 2 rings (SSSR count). The summed E-state index contributed by atoms with van der Waals surface area (Å²) >= 11 is 0. The highest BCUT2D eigenvalue weighted by atomic mass is 19.4. The quantitative estimate of drug-likeness (QED) is 0.163. The second-order valence-corrected chi connectivity index (χ2v) is 12.5. The van der Waals surface area contributed by atoms with Gasteiger partial charge in [-0.15, -0.1) is 0 Å². The standard InChI is InChI=1S/C32H40F12N2/c1-9-17(7)23-13-19(11-21(15(3)4)25(23)45)27(33,34)29(37,38)31(41,42)32(43,44)30(39,40)28(35,36)20-12-22(16(5)6)26(46)24(14-20)18(8)10-2/h11-18H,9-10,45-46H2,1-8H3. The zero-order valence-corrected chi connectivity index (χ0v) is 26.7. The molecule has 0 radical (unpaired) electrons. The van der Waals surface area contributed by atoms with E-state index in [4.69, 9.17) is 11.5 Å². The third-order valence-electron chi connectivity index (χ3n) is 8.72. The van der Waals surface area contributed by atoms with Gasteiger partial charge < -0.3 is 11.5 Å². The van der Waals surface area contributed by atoms with Crippen molar-refractivity contribution in [2.24, 2.45) is 0 Å². The van der Waals surface area contributed by atoms with Gasteiger partial charge in [0.25, 0.3) is 0 Å². The molecule has 0 aliphatic rings. The van der Waals surface area contributed by atoms with E-state index in [9.17, 15) is 0 Å². The highest BCUT2D eigenvalue weighted by Crippen LogP contribution is 2.64. The van der Waals surface area contributed by atoms with Crippen LogP contribution in [-0.4, -0.2) is 23.7 Å². The van der Waals surface area contributed by atoms with Gasteiger partial charge >= 0.3 is 35.5 Å². The summed E-state index contributed by atoms with van der Waals surface area (Å²) in [4.78, 5) is 0. The summed E-state index contributed by atoms with van der Waals surface area (Å²) < 4.78 is 183. The van der Waals surface area contributed by atoms with Crippen molar-refractivity contribution in [3.63, 3.8) is 0 Å². The van der Waals surface area contributed by atoms with E-state index in [1.165, 1.54) is 41.5 Å². The number of alkyl halides is 12. The van der Waals surface area contributed by atoms with Crippen LogP contribution in [0.25, 0.3) is 0 Å². The Labute approximate surface area is 260 Å². The Balaban J connectivity index is 2.83. The maximum Gasteiger partial charge on any atom is 0.385 e. The smallest absolute Gasteiger partial charge is 0.385 e. The number of hydrogen-bond donors (Lipinski definition) is 2. The lowest BCUT2D eigenvalue weighted by molar-refractivity contribution is -0.429. The molecule has 4 N–H and O–H groups in total. The molecule has 0 bridgehead atoms. The van der Waals surface area contributed by atoms with Crippen molar-refractivity contribution in [2.45, 2.75) is 127 Å². The van der Waals surface area contributed by atoms with Gasteiger partial charge in [-0.3, -0.25) is 0 Å². The highest BCUT2D eigenvalue weighted by Gasteiger charge is 2.90. The molecule has 0 amide bonds. The van der Waals surface area contributed by atoms with Crippen molar-refractivity contribution >= 4 is 11.4 Å². The normalized spacial score (nSPS) is 15.5. The Kier molecular flexibility index (Phi) is 10.8. The lowest BCUT2D eigenvalue weighted by atomic mass is 9.82. The molecule has 46 heavy (non-hydrogen) atoms. The van der Waals surface area contributed by atoms with Crippen LogP contribution in [0.15, 0.2) is 24.3 Å². The first-order valence-corrected chi connectivity index (χ1v) is 14.8. The molecule has 14 heteroatoms. The maximum atomic E-state index is 15.4. The predicted octanol–water partition coefficient (Wildman–Crippen LogP) is 11.5. The average molecular weight is 681 g/mol. The van der Waals surface area contributed by atoms with Gasteiger partial charge in [-0.1, -0.05) is 55.4 Å². The summed E-state index contributed by atoms with van der Waals surface area (Å²) in [6.07, 6.45) is 0.399. The van der Waals surface area contributed by atoms with Gasteiger partial charge in [0.1, 0.15) is 0 Å². The summed E-state index contributed by atoms with van der Waals surface area (Å²) in [6, 6.07) is 1.20. The van der Waals surface area contributed by atoms with Crippen LogP contribution in [0.2, 0.25) is 0 Å². The second kappa shape index (κ2) is 12.7. The molecule has 0 aromatic heterocycles. The summed E-state index contributed by atoms with van der Waals surface area (Å²) in [5.41, 5.74) is 6.98. The average Bonchev–Trinajstić information content (AvgIpc) is 2.95. The minimum absolute atomic E-state index is 0.142. The van der Waals surface area contributed by atoms with E-state index in [-0.39, 0.29) is 46.5 Å². The van der Waals surface area contributed by atoms with Gasteiger partial charge in [0, 0.05) is 22.5 Å². The first-order valence-electron chi connectivity index (χ1n) is 14.8. The molecule has 0 saturated carbocycles. The summed E-state index contributed by atoms with van der Waals surface area (Å²) in [5.74, 6) is -45.5. The van der Waals surface area contributed by atoms with E-state index < -0.39 is 70.3 Å². The van der Waals surface area contributed by atoms with Crippen LogP contribution < -0.4 is 11.5 Å². The third kappa shape index (κ3) is 5.90. The number of rotatable bonds is 13. The van der Waals surface area contributed by atoms with Crippen LogP contribution in [0.5, 0.6) is 0 Å². The van der Waals surface area contributed by atoms with E-state index in [1.807, 2.05) is 0 Å². The van der Waals surface area contributed by atoms with E-state index in [2.05, 4.69) is 0 Å². The van der Waals surface area contributed by atoms with Gasteiger partial charge in [0.2, 0.25) is 0 Å². The Hall–Kier alpha value is -2.80. The van der Waals surface area contributed by atoms with Crippen LogP contribution in [-0.2, 0) is 11.8 Å². The Morgan fingerprint density at radius 1 is 0.457 bits per heavy atom. The lowest BCUT2D eigenvalue weighted by Crippen LogP contribution is -2.69. The number of nitrogens with two attached hydrogens (primary N) is 2. The lowest BCUT2D eigenvalue weighted by Gasteiger charge is -2.42. The van der Waals surface area contributed by atoms with Crippen LogP contribution in [0.1, 0.15) is 125 Å². The van der Waals surface area contributed by atoms with Crippen molar-refractivity contribution in [3.05, 3.63) is 57.6 Å². The molecule has 2 aromatic carbocycles. The fourth-order valence-electron chi connectivity index (χ4n) is 5.12. The molecule has 0 aliphatic heterocycles. The first kappa shape index (κ1) is 39.4. The van der Waals surface area contributed by atoms with Crippen molar-refractivity contribution < 1.29 is 52.7 Å².